The Bertz CT molecular complexity index is 649. The third kappa shape index (κ3) is 3.98. The molecule has 22 heavy (non-hydrogen) atoms. The highest BCUT2D eigenvalue weighted by atomic mass is 32.1. The number of allylic oxidation sites excluding steroid dienone is 1. The molecule has 0 spiro atoms. The lowest BCUT2D eigenvalue weighted by Gasteiger charge is -2.24. The number of benzene rings is 1. The molecule has 0 aromatic heterocycles. The molecule has 1 atom stereocenters. The Morgan fingerprint density at radius 2 is 2.18 bits per heavy atom. The van der Waals surface area contributed by atoms with Crippen LogP contribution in [-0.2, 0) is 0 Å². The second kappa shape index (κ2) is 7.26. The fourth-order valence-corrected chi connectivity index (χ4v) is 2.82. The van der Waals surface area contributed by atoms with E-state index in [4.69, 9.17) is 5.73 Å². The van der Waals surface area contributed by atoms with E-state index in [1.54, 1.807) is 31.2 Å². The summed E-state index contributed by atoms with van der Waals surface area (Å²) in [5, 5.41) is 2.95. The normalized spacial score (nSPS) is 19.0. The van der Waals surface area contributed by atoms with Crippen molar-refractivity contribution in [2.24, 2.45) is 10.7 Å². The number of aliphatic imine (C=N–C) groups is 1. The molecule has 0 fully saturated rings. The Hall–Kier alpha value is -2.08. The van der Waals surface area contributed by atoms with Gasteiger partial charge in [0.2, 0.25) is 0 Å². The van der Waals surface area contributed by atoms with Gasteiger partial charge in [-0.25, -0.2) is 4.99 Å². The minimum absolute atomic E-state index is 0.0169. The van der Waals surface area contributed by atoms with Crippen molar-refractivity contribution >= 4 is 30.7 Å². The molecule has 3 N–H and O–H groups in total. The molecule has 0 saturated heterocycles. The monoisotopic (exact) mass is 317 g/mol. The molecule has 5 nitrogen and oxygen atoms in total. The average molecular weight is 317 g/mol. The number of amidine groups is 1. The third-order valence-electron chi connectivity index (χ3n) is 3.48. The van der Waals surface area contributed by atoms with Gasteiger partial charge < -0.3 is 11.1 Å². The van der Waals surface area contributed by atoms with Crippen LogP contribution in [0.1, 0.15) is 46.9 Å². The lowest BCUT2D eigenvalue weighted by molar-refractivity contribution is 0.0929. The first kappa shape index (κ1) is 16.3. The number of nitrogens with zero attached hydrogens (tertiary/aromatic N) is 1. The van der Waals surface area contributed by atoms with Gasteiger partial charge in [-0.2, -0.15) is 0 Å². The van der Waals surface area contributed by atoms with Crippen molar-refractivity contribution in [3.63, 3.8) is 0 Å². The van der Waals surface area contributed by atoms with Gasteiger partial charge in [0.15, 0.2) is 6.29 Å². The number of carbonyl (C=O) groups is 2. The standard InChI is InChI=1S/C16H19N3O2S/c1-10(17)18-14-7-6-12(8-15(14)22)19-16(21)13-5-3-2-4-11(13)9-20/h2-5,9,12,22H,6-8H2,1H3,(H2,17,18)(H,19,21). The molecular weight excluding hydrogens is 298 g/mol. The molecule has 116 valence electrons. The van der Waals surface area contributed by atoms with Gasteiger partial charge in [-0.3, -0.25) is 9.59 Å². The number of rotatable bonds is 4. The van der Waals surface area contributed by atoms with E-state index in [0.29, 0.717) is 36.1 Å². The maximum Gasteiger partial charge on any atom is 0.252 e. The Morgan fingerprint density at radius 1 is 1.45 bits per heavy atom. The SMILES string of the molecule is CC(N)=NC1=C(S)CC(NC(=O)c2ccccc2C=O)CC1. The summed E-state index contributed by atoms with van der Waals surface area (Å²) < 4.78 is 0. The van der Waals surface area contributed by atoms with E-state index in [2.05, 4.69) is 22.9 Å². The Morgan fingerprint density at radius 3 is 2.82 bits per heavy atom. The highest BCUT2D eigenvalue weighted by Crippen LogP contribution is 2.28. The summed E-state index contributed by atoms with van der Waals surface area (Å²) in [6.45, 7) is 1.73. The number of amides is 1. The van der Waals surface area contributed by atoms with E-state index >= 15 is 0 Å². The molecule has 2 rings (SSSR count). The molecule has 1 aromatic rings. The molecular formula is C16H19N3O2S. The van der Waals surface area contributed by atoms with E-state index in [1.165, 1.54) is 0 Å². The molecule has 6 heteroatoms. The van der Waals surface area contributed by atoms with Gasteiger partial charge >= 0.3 is 0 Å². The molecule has 1 aromatic carbocycles. The minimum atomic E-state index is -0.240. The number of hydrogen-bond donors (Lipinski definition) is 3. The van der Waals surface area contributed by atoms with Gasteiger partial charge in [-0.1, -0.05) is 18.2 Å². The van der Waals surface area contributed by atoms with Crippen LogP contribution in [0.25, 0.3) is 0 Å². The molecule has 1 aliphatic rings. The first-order valence-electron chi connectivity index (χ1n) is 7.08. The molecule has 1 amide bonds. The first-order valence-corrected chi connectivity index (χ1v) is 7.52. The van der Waals surface area contributed by atoms with Crippen LogP contribution in [0.15, 0.2) is 39.9 Å². The summed E-state index contributed by atoms with van der Waals surface area (Å²) >= 11 is 4.45. The fraction of sp³-hybridized carbons (Fsp3) is 0.312. The van der Waals surface area contributed by atoms with E-state index in [1.807, 2.05) is 0 Å². The van der Waals surface area contributed by atoms with Crippen molar-refractivity contribution in [2.45, 2.75) is 32.2 Å². The average Bonchev–Trinajstić information content (AvgIpc) is 2.49. The zero-order chi connectivity index (χ0) is 16.1. The summed E-state index contributed by atoms with van der Waals surface area (Å²) in [5.41, 5.74) is 7.25. The third-order valence-corrected chi connectivity index (χ3v) is 3.92. The van der Waals surface area contributed by atoms with Crippen LogP contribution in [0.2, 0.25) is 0 Å². The van der Waals surface area contributed by atoms with Gasteiger partial charge in [0.25, 0.3) is 5.91 Å². The Kier molecular flexibility index (Phi) is 5.38. The molecule has 0 bridgehead atoms. The number of nitrogens with one attached hydrogen (secondary N) is 1. The van der Waals surface area contributed by atoms with Crippen molar-refractivity contribution in [1.29, 1.82) is 0 Å². The van der Waals surface area contributed by atoms with E-state index in [9.17, 15) is 9.59 Å². The quantitative estimate of drug-likeness (QED) is 0.345. The maximum atomic E-state index is 12.3. The van der Waals surface area contributed by atoms with Crippen LogP contribution in [0, 0.1) is 0 Å². The molecule has 1 aliphatic carbocycles. The van der Waals surface area contributed by atoms with E-state index in [-0.39, 0.29) is 11.9 Å². The molecule has 1 unspecified atom stereocenters. The zero-order valence-corrected chi connectivity index (χ0v) is 13.3. The maximum absolute atomic E-state index is 12.3. The van der Waals surface area contributed by atoms with Crippen LogP contribution < -0.4 is 11.1 Å². The van der Waals surface area contributed by atoms with Crippen LogP contribution >= 0.6 is 12.6 Å². The predicted octanol–water partition coefficient (Wildman–Crippen LogP) is 2.30. The topological polar surface area (TPSA) is 84.5 Å². The largest absolute Gasteiger partial charge is 0.387 e. The second-order valence-electron chi connectivity index (χ2n) is 5.26. The Balaban J connectivity index is 2.07. The van der Waals surface area contributed by atoms with Crippen molar-refractivity contribution in [1.82, 2.24) is 5.32 Å². The van der Waals surface area contributed by atoms with E-state index in [0.717, 1.165) is 17.0 Å². The van der Waals surface area contributed by atoms with Crippen molar-refractivity contribution in [2.75, 3.05) is 0 Å². The summed E-state index contributed by atoms with van der Waals surface area (Å²) in [7, 11) is 0. The lowest BCUT2D eigenvalue weighted by atomic mass is 9.98. The molecule has 0 saturated carbocycles. The minimum Gasteiger partial charge on any atom is -0.387 e. The van der Waals surface area contributed by atoms with Crippen molar-refractivity contribution < 1.29 is 9.59 Å². The van der Waals surface area contributed by atoms with Gasteiger partial charge in [0.1, 0.15) is 0 Å². The highest BCUT2D eigenvalue weighted by Gasteiger charge is 2.22. The molecule has 0 aliphatic heterocycles. The second-order valence-corrected chi connectivity index (χ2v) is 5.80. The number of nitrogens with two attached hydrogens (primary N) is 1. The van der Waals surface area contributed by atoms with E-state index < -0.39 is 0 Å². The number of thiol groups is 1. The Labute approximate surface area is 135 Å². The summed E-state index contributed by atoms with van der Waals surface area (Å²) in [6, 6.07) is 6.73. The highest BCUT2D eigenvalue weighted by molar-refractivity contribution is 7.84. The van der Waals surface area contributed by atoms with Gasteiger partial charge in [-0.05, 0) is 25.8 Å². The fourth-order valence-electron chi connectivity index (χ4n) is 2.43. The summed E-state index contributed by atoms with van der Waals surface area (Å²) in [6.07, 6.45) is 2.79. The first-order chi connectivity index (χ1) is 10.5. The lowest BCUT2D eigenvalue weighted by Crippen LogP contribution is -2.36. The van der Waals surface area contributed by atoms with Crippen LogP contribution in [0.4, 0.5) is 0 Å². The molecule has 0 heterocycles. The van der Waals surface area contributed by atoms with Gasteiger partial charge in [0.05, 0.1) is 11.5 Å². The zero-order valence-electron chi connectivity index (χ0n) is 12.4. The smallest absolute Gasteiger partial charge is 0.252 e. The van der Waals surface area contributed by atoms with Crippen LogP contribution in [0.3, 0.4) is 0 Å². The predicted molar refractivity (Wildman–Crippen MR) is 90.2 cm³/mol. The van der Waals surface area contributed by atoms with Gasteiger partial charge in [0, 0.05) is 28.5 Å². The van der Waals surface area contributed by atoms with Crippen molar-refractivity contribution in [3.8, 4) is 0 Å². The van der Waals surface area contributed by atoms with Crippen LogP contribution in [0.5, 0.6) is 0 Å². The van der Waals surface area contributed by atoms with Gasteiger partial charge in [-0.15, -0.1) is 12.6 Å². The van der Waals surface area contributed by atoms with Crippen molar-refractivity contribution in [3.05, 3.63) is 46.0 Å². The summed E-state index contributed by atoms with van der Waals surface area (Å²) in [5.74, 6) is 0.264. The number of hydrogen-bond acceptors (Lipinski definition) is 4. The van der Waals surface area contributed by atoms with Crippen LogP contribution in [-0.4, -0.2) is 24.1 Å². The number of aldehydes is 1. The molecule has 0 radical (unpaired) electrons. The number of carbonyl (C=O) groups excluding carboxylic acids is 2. The summed E-state index contributed by atoms with van der Waals surface area (Å²) in [4.78, 5) is 28.4.